The Morgan fingerprint density at radius 3 is 2.06 bits per heavy atom. The van der Waals surface area contributed by atoms with E-state index in [1.54, 1.807) is 0 Å². The zero-order chi connectivity index (χ0) is 13.5. The Balaban J connectivity index is 0.000000437. The van der Waals surface area contributed by atoms with Crippen LogP contribution >= 0.6 is 0 Å². The second-order valence-electron chi connectivity index (χ2n) is 3.81. The molecule has 0 radical (unpaired) electrons. The van der Waals surface area contributed by atoms with Crippen molar-refractivity contribution in [2.75, 3.05) is 6.61 Å². The second kappa shape index (κ2) is 7.59. The molecule has 0 aliphatic heterocycles. The summed E-state index contributed by atoms with van der Waals surface area (Å²) in [4.78, 5) is 11.2. The number of esters is 1. The number of carbonyl (C=O) groups is 1. The zero-order valence-corrected chi connectivity index (χ0v) is 10.5. The third-order valence-electron chi connectivity index (χ3n) is 2.39. The Bertz CT molecular complexity index is 312. The summed E-state index contributed by atoms with van der Waals surface area (Å²) in [5.41, 5.74) is 5.72. The van der Waals surface area contributed by atoms with Crippen molar-refractivity contribution in [3.8, 4) is 0 Å². The van der Waals surface area contributed by atoms with Crippen LogP contribution in [0.25, 0.3) is 0 Å². The zero-order valence-electron chi connectivity index (χ0n) is 9.70. The number of hydrogen-bond donors (Lipinski definition) is 3. The molecule has 0 saturated heterocycles. The molecule has 8 heteroatoms. The minimum atomic E-state index is -4.67. The Kier molecular flexibility index (Phi) is 7.28. The van der Waals surface area contributed by atoms with Crippen LogP contribution in [0.15, 0.2) is 0 Å². The highest BCUT2D eigenvalue weighted by Crippen LogP contribution is 2.23. The van der Waals surface area contributed by atoms with Crippen LogP contribution in [0, 0.1) is 5.92 Å². The van der Waals surface area contributed by atoms with Crippen molar-refractivity contribution in [1.29, 1.82) is 0 Å². The standard InChI is InChI=1S/C9H17NO2.H2O4S/c1-2-12-9(11)7-3-5-8(10)6-4-7;1-5(2,3)4/h7-8H,2-6,10H2,1H3;(H2,1,2,3,4). The highest BCUT2D eigenvalue weighted by Gasteiger charge is 2.25. The smallest absolute Gasteiger partial charge is 0.394 e. The minimum Gasteiger partial charge on any atom is -0.466 e. The summed E-state index contributed by atoms with van der Waals surface area (Å²) in [6.07, 6.45) is 3.73. The molecule has 0 aromatic rings. The van der Waals surface area contributed by atoms with E-state index >= 15 is 0 Å². The molecule has 1 aliphatic rings. The van der Waals surface area contributed by atoms with Crippen molar-refractivity contribution < 1.29 is 27.1 Å². The normalized spacial score (nSPS) is 24.5. The summed E-state index contributed by atoms with van der Waals surface area (Å²) >= 11 is 0. The number of nitrogens with two attached hydrogens (primary N) is 1. The molecule has 1 saturated carbocycles. The van der Waals surface area contributed by atoms with Crippen molar-refractivity contribution in [2.45, 2.75) is 38.6 Å². The summed E-state index contributed by atoms with van der Waals surface area (Å²) in [6.45, 7) is 2.33. The average Bonchev–Trinajstić information content (AvgIpc) is 2.16. The fourth-order valence-corrected chi connectivity index (χ4v) is 1.62. The molecular formula is C9H19NO6S. The van der Waals surface area contributed by atoms with Gasteiger partial charge in [-0.15, -0.1) is 0 Å². The lowest BCUT2D eigenvalue weighted by Crippen LogP contribution is -2.30. The van der Waals surface area contributed by atoms with Crippen LogP contribution in [0.5, 0.6) is 0 Å². The Labute approximate surface area is 101 Å². The third-order valence-corrected chi connectivity index (χ3v) is 2.39. The predicted molar refractivity (Wildman–Crippen MR) is 60.7 cm³/mol. The van der Waals surface area contributed by atoms with E-state index in [1.165, 1.54) is 0 Å². The molecule has 0 atom stereocenters. The summed E-state index contributed by atoms with van der Waals surface area (Å²) in [5.74, 6) is 0.0779. The molecular weight excluding hydrogens is 250 g/mol. The van der Waals surface area contributed by atoms with Gasteiger partial charge in [-0.1, -0.05) is 0 Å². The van der Waals surface area contributed by atoms with E-state index in [-0.39, 0.29) is 11.9 Å². The van der Waals surface area contributed by atoms with Gasteiger partial charge < -0.3 is 10.5 Å². The van der Waals surface area contributed by atoms with E-state index in [4.69, 9.17) is 28.0 Å². The average molecular weight is 269 g/mol. The Hall–Kier alpha value is -0.700. The molecule has 0 spiro atoms. The minimum absolute atomic E-state index is 0.0376. The van der Waals surface area contributed by atoms with Gasteiger partial charge in [0.1, 0.15) is 0 Å². The van der Waals surface area contributed by atoms with Gasteiger partial charge in [-0.3, -0.25) is 13.9 Å². The molecule has 0 unspecified atom stereocenters. The maximum absolute atomic E-state index is 11.2. The van der Waals surface area contributed by atoms with Crippen molar-refractivity contribution in [3.63, 3.8) is 0 Å². The first kappa shape index (κ1) is 16.3. The van der Waals surface area contributed by atoms with Gasteiger partial charge in [-0.25, -0.2) is 0 Å². The van der Waals surface area contributed by atoms with E-state index in [0.29, 0.717) is 12.6 Å². The van der Waals surface area contributed by atoms with Crippen LogP contribution in [0.3, 0.4) is 0 Å². The first-order valence-corrected chi connectivity index (χ1v) is 6.75. The molecule has 1 fully saturated rings. The monoisotopic (exact) mass is 269 g/mol. The van der Waals surface area contributed by atoms with Crippen molar-refractivity contribution in [1.82, 2.24) is 0 Å². The third kappa shape index (κ3) is 10.2. The van der Waals surface area contributed by atoms with Crippen molar-refractivity contribution >= 4 is 16.4 Å². The lowest BCUT2D eigenvalue weighted by Gasteiger charge is -2.24. The van der Waals surface area contributed by atoms with Gasteiger partial charge in [0.05, 0.1) is 12.5 Å². The Morgan fingerprint density at radius 2 is 1.71 bits per heavy atom. The topological polar surface area (TPSA) is 127 Å². The lowest BCUT2D eigenvalue weighted by atomic mass is 9.86. The van der Waals surface area contributed by atoms with E-state index in [9.17, 15) is 4.79 Å². The molecule has 4 N–H and O–H groups in total. The predicted octanol–water partition coefficient (Wildman–Crippen LogP) is 0.414. The van der Waals surface area contributed by atoms with Gasteiger partial charge in [0.2, 0.25) is 0 Å². The summed E-state index contributed by atoms with van der Waals surface area (Å²) in [7, 11) is -4.67. The second-order valence-corrected chi connectivity index (χ2v) is 4.71. The van der Waals surface area contributed by atoms with Gasteiger partial charge in [-0.2, -0.15) is 8.42 Å². The fraction of sp³-hybridized carbons (Fsp3) is 0.889. The molecule has 7 nitrogen and oxygen atoms in total. The van der Waals surface area contributed by atoms with Crippen molar-refractivity contribution in [2.24, 2.45) is 11.7 Å². The molecule has 102 valence electrons. The summed E-state index contributed by atoms with van der Waals surface area (Å²) in [6, 6.07) is 0.302. The van der Waals surface area contributed by atoms with Gasteiger partial charge in [0, 0.05) is 6.04 Å². The molecule has 0 aromatic heterocycles. The van der Waals surface area contributed by atoms with Gasteiger partial charge in [0.15, 0.2) is 0 Å². The quantitative estimate of drug-likeness (QED) is 0.489. The molecule has 0 heterocycles. The molecule has 0 amide bonds. The number of carbonyl (C=O) groups excluding carboxylic acids is 1. The maximum atomic E-state index is 11.2. The van der Waals surface area contributed by atoms with Crippen LogP contribution in [0.1, 0.15) is 32.6 Å². The summed E-state index contributed by atoms with van der Waals surface area (Å²) < 4.78 is 36.5. The van der Waals surface area contributed by atoms with E-state index in [0.717, 1.165) is 25.7 Å². The first-order chi connectivity index (χ1) is 7.74. The van der Waals surface area contributed by atoms with Crippen LogP contribution in [0.2, 0.25) is 0 Å². The fourth-order valence-electron chi connectivity index (χ4n) is 1.62. The number of ether oxygens (including phenoxy) is 1. The summed E-state index contributed by atoms with van der Waals surface area (Å²) in [5, 5.41) is 0. The maximum Gasteiger partial charge on any atom is 0.394 e. The first-order valence-electron chi connectivity index (χ1n) is 5.36. The molecule has 1 rings (SSSR count). The highest BCUT2D eigenvalue weighted by atomic mass is 32.3. The molecule has 17 heavy (non-hydrogen) atoms. The van der Waals surface area contributed by atoms with Gasteiger partial charge >= 0.3 is 16.4 Å². The SMILES string of the molecule is CCOC(=O)C1CCC(N)CC1.O=S(=O)(O)O. The van der Waals surface area contributed by atoms with E-state index in [1.807, 2.05) is 6.92 Å². The van der Waals surface area contributed by atoms with Crippen LogP contribution in [0.4, 0.5) is 0 Å². The van der Waals surface area contributed by atoms with Gasteiger partial charge in [0.25, 0.3) is 0 Å². The van der Waals surface area contributed by atoms with E-state index in [2.05, 4.69) is 0 Å². The van der Waals surface area contributed by atoms with Crippen LogP contribution in [-0.2, 0) is 19.9 Å². The highest BCUT2D eigenvalue weighted by molar-refractivity contribution is 7.79. The van der Waals surface area contributed by atoms with Crippen molar-refractivity contribution in [3.05, 3.63) is 0 Å². The number of rotatable bonds is 2. The molecule has 1 aliphatic carbocycles. The molecule has 0 aromatic carbocycles. The lowest BCUT2D eigenvalue weighted by molar-refractivity contribution is -0.149. The van der Waals surface area contributed by atoms with Gasteiger partial charge in [-0.05, 0) is 32.6 Å². The van der Waals surface area contributed by atoms with Crippen LogP contribution < -0.4 is 5.73 Å². The molecule has 0 bridgehead atoms. The number of hydrogen-bond acceptors (Lipinski definition) is 5. The van der Waals surface area contributed by atoms with E-state index < -0.39 is 10.4 Å². The Morgan fingerprint density at radius 1 is 1.29 bits per heavy atom. The largest absolute Gasteiger partial charge is 0.466 e. The van der Waals surface area contributed by atoms with Crippen LogP contribution in [-0.4, -0.2) is 36.1 Å².